The van der Waals surface area contributed by atoms with Crippen molar-refractivity contribution in [1.29, 1.82) is 0 Å². The molecule has 1 aromatic carbocycles. The fraction of sp³-hybridized carbons (Fsp3) is 0.600. The molecule has 0 saturated carbocycles. The van der Waals surface area contributed by atoms with Crippen LogP contribution in [0.1, 0.15) is 17.2 Å². The number of thioether (sulfide) groups is 1. The molecular weight excluding hydrogens is 256 g/mol. The van der Waals surface area contributed by atoms with Gasteiger partial charge in [0.1, 0.15) is 5.75 Å². The van der Waals surface area contributed by atoms with Gasteiger partial charge in [-0.3, -0.25) is 4.90 Å². The van der Waals surface area contributed by atoms with E-state index < -0.39 is 0 Å². The van der Waals surface area contributed by atoms with Crippen molar-refractivity contribution in [3.8, 4) is 5.75 Å². The Hall–Kier alpha value is -0.710. The van der Waals surface area contributed by atoms with Crippen LogP contribution in [0.4, 0.5) is 0 Å². The van der Waals surface area contributed by atoms with Gasteiger partial charge in [0.25, 0.3) is 0 Å². The molecule has 104 valence electrons. The zero-order chi connectivity index (χ0) is 13.2. The average Bonchev–Trinajstić information content (AvgIpc) is 2.91. The Labute approximate surface area is 119 Å². The van der Waals surface area contributed by atoms with Gasteiger partial charge in [-0.05, 0) is 19.7 Å². The third kappa shape index (κ3) is 2.49. The van der Waals surface area contributed by atoms with Crippen LogP contribution in [0.2, 0.25) is 0 Å². The molecule has 2 heterocycles. The Morgan fingerprint density at radius 2 is 2.37 bits per heavy atom. The summed E-state index contributed by atoms with van der Waals surface area (Å²) in [6, 6.07) is 7.48. The van der Waals surface area contributed by atoms with Crippen molar-refractivity contribution in [3.63, 3.8) is 0 Å². The molecule has 4 heteroatoms. The molecule has 0 bridgehead atoms. The minimum Gasteiger partial charge on any atom is -0.493 e. The SMILES string of the molecule is CNC(c1cccc2c1OCC2)C1CSCCN1C. The largest absolute Gasteiger partial charge is 0.493 e. The van der Waals surface area contributed by atoms with Crippen molar-refractivity contribution in [3.05, 3.63) is 29.3 Å². The Balaban J connectivity index is 1.92. The van der Waals surface area contributed by atoms with Gasteiger partial charge < -0.3 is 10.1 Å². The lowest BCUT2D eigenvalue weighted by Gasteiger charge is -2.38. The highest BCUT2D eigenvalue weighted by Gasteiger charge is 2.31. The lowest BCUT2D eigenvalue weighted by atomic mass is 9.96. The number of nitrogens with zero attached hydrogens (tertiary/aromatic N) is 1. The van der Waals surface area contributed by atoms with E-state index in [0.717, 1.165) is 18.8 Å². The van der Waals surface area contributed by atoms with Gasteiger partial charge in [0.2, 0.25) is 0 Å². The second-order valence-electron chi connectivity index (χ2n) is 5.32. The molecule has 2 atom stereocenters. The summed E-state index contributed by atoms with van der Waals surface area (Å²) in [6.07, 6.45) is 1.05. The topological polar surface area (TPSA) is 24.5 Å². The smallest absolute Gasteiger partial charge is 0.127 e. The van der Waals surface area contributed by atoms with Crippen LogP contribution < -0.4 is 10.1 Å². The molecule has 1 N–H and O–H groups in total. The molecule has 0 aromatic heterocycles. The van der Waals surface area contributed by atoms with Crippen molar-refractivity contribution >= 4 is 11.8 Å². The van der Waals surface area contributed by atoms with E-state index in [1.54, 1.807) is 0 Å². The molecule has 1 saturated heterocycles. The van der Waals surface area contributed by atoms with E-state index >= 15 is 0 Å². The molecule has 2 unspecified atom stereocenters. The normalized spacial score (nSPS) is 24.8. The van der Waals surface area contributed by atoms with Gasteiger partial charge in [0.15, 0.2) is 0 Å². The van der Waals surface area contributed by atoms with Gasteiger partial charge in [-0.2, -0.15) is 11.8 Å². The van der Waals surface area contributed by atoms with Crippen LogP contribution in [0, 0.1) is 0 Å². The molecule has 3 nitrogen and oxygen atoms in total. The number of likely N-dealkylation sites (N-methyl/N-ethyl adjacent to an activating group) is 2. The van der Waals surface area contributed by atoms with Crippen LogP contribution in [-0.4, -0.2) is 49.7 Å². The second-order valence-corrected chi connectivity index (χ2v) is 6.47. The summed E-state index contributed by atoms with van der Waals surface area (Å²) in [4.78, 5) is 2.48. The highest BCUT2D eigenvalue weighted by Crippen LogP contribution is 2.36. The standard InChI is InChI=1S/C15H22N2OS/c1-16-14(13-10-19-9-7-17(13)2)12-5-3-4-11-6-8-18-15(11)12/h3-5,13-14,16H,6-10H2,1-2H3. The van der Waals surface area contributed by atoms with E-state index in [4.69, 9.17) is 4.74 Å². The van der Waals surface area contributed by atoms with Gasteiger partial charge in [-0.25, -0.2) is 0 Å². The molecule has 0 amide bonds. The van der Waals surface area contributed by atoms with Gasteiger partial charge in [-0.15, -0.1) is 0 Å². The van der Waals surface area contributed by atoms with Crippen molar-refractivity contribution in [2.24, 2.45) is 0 Å². The van der Waals surface area contributed by atoms with Gasteiger partial charge >= 0.3 is 0 Å². The molecule has 1 aromatic rings. The van der Waals surface area contributed by atoms with E-state index in [0.29, 0.717) is 12.1 Å². The summed E-state index contributed by atoms with van der Waals surface area (Å²) >= 11 is 2.06. The monoisotopic (exact) mass is 278 g/mol. The first-order valence-corrected chi connectivity index (χ1v) is 8.16. The number of hydrogen-bond donors (Lipinski definition) is 1. The molecule has 19 heavy (non-hydrogen) atoms. The van der Waals surface area contributed by atoms with Gasteiger partial charge in [0.05, 0.1) is 12.6 Å². The number of hydrogen-bond acceptors (Lipinski definition) is 4. The van der Waals surface area contributed by atoms with E-state index in [9.17, 15) is 0 Å². The van der Waals surface area contributed by atoms with E-state index in [1.807, 2.05) is 0 Å². The average molecular weight is 278 g/mol. The van der Waals surface area contributed by atoms with Crippen molar-refractivity contribution in [2.75, 3.05) is 38.8 Å². The zero-order valence-electron chi connectivity index (χ0n) is 11.7. The first-order chi connectivity index (χ1) is 9.31. The molecule has 3 rings (SSSR count). The van der Waals surface area contributed by atoms with E-state index in [1.165, 1.54) is 29.2 Å². The summed E-state index contributed by atoms with van der Waals surface area (Å²) in [7, 11) is 4.30. The van der Waals surface area contributed by atoms with Crippen LogP contribution in [0.5, 0.6) is 5.75 Å². The minimum absolute atomic E-state index is 0.353. The first kappa shape index (κ1) is 13.3. The molecule has 0 radical (unpaired) electrons. The molecule has 2 aliphatic heterocycles. The molecule has 0 spiro atoms. The lowest BCUT2D eigenvalue weighted by Crippen LogP contribution is -2.47. The maximum Gasteiger partial charge on any atom is 0.127 e. The Kier molecular flexibility index (Phi) is 4.01. The van der Waals surface area contributed by atoms with Gasteiger partial charge in [0, 0.05) is 36.1 Å². The number of benzene rings is 1. The summed E-state index contributed by atoms with van der Waals surface area (Å²) in [6.45, 7) is 2.00. The third-order valence-corrected chi connectivity index (χ3v) is 5.27. The molecule has 2 aliphatic rings. The maximum absolute atomic E-state index is 5.87. The molecular formula is C15H22N2OS. The van der Waals surface area contributed by atoms with E-state index in [-0.39, 0.29) is 0 Å². The second kappa shape index (κ2) is 5.73. The Morgan fingerprint density at radius 1 is 1.47 bits per heavy atom. The van der Waals surface area contributed by atoms with Crippen LogP contribution in [-0.2, 0) is 6.42 Å². The third-order valence-electron chi connectivity index (χ3n) is 4.22. The van der Waals surface area contributed by atoms with Crippen LogP contribution in [0.25, 0.3) is 0 Å². The maximum atomic E-state index is 5.87. The lowest BCUT2D eigenvalue weighted by molar-refractivity contribution is 0.218. The highest BCUT2D eigenvalue weighted by molar-refractivity contribution is 7.99. The van der Waals surface area contributed by atoms with Crippen molar-refractivity contribution in [2.45, 2.75) is 18.5 Å². The fourth-order valence-corrected chi connectivity index (χ4v) is 4.37. The predicted octanol–water partition coefficient (Wildman–Crippen LogP) is 1.93. The Bertz CT molecular complexity index is 452. The predicted molar refractivity (Wildman–Crippen MR) is 81.2 cm³/mol. The summed E-state index contributed by atoms with van der Waals surface area (Å²) in [5, 5.41) is 3.51. The molecule has 0 aliphatic carbocycles. The van der Waals surface area contributed by atoms with Gasteiger partial charge in [-0.1, -0.05) is 18.2 Å². The summed E-state index contributed by atoms with van der Waals surface area (Å²) < 4.78 is 5.87. The van der Waals surface area contributed by atoms with E-state index in [2.05, 4.69) is 54.3 Å². The summed E-state index contributed by atoms with van der Waals surface area (Å²) in [5.74, 6) is 3.56. The van der Waals surface area contributed by atoms with Crippen molar-refractivity contribution < 1.29 is 4.74 Å². The van der Waals surface area contributed by atoms with Crippen molar-refractivity contribution in [1.82, 2.24) is 10.2 Å². The quantitative estimate of drug-likeness (QED) is 0.913. The van der Waals surface area contributed by atoms with Crippen LogP contribution >= 0.6 is 11.8 Å². The minimum atomic E-state index is 0.353. The van der Waals surface area contributed by atoms with Crippen LogP contribution in [0.15, 0.2) is 18.2 Å². The van der Waals surface area contributed by atoms with Crippen LogP contribution in [0.3, 0.4) is 0 Å². The highest BCUT2D eigenvalue weighted by atomic mass is 32.2. The molecule has 1 fully saturated rings. The number of rotatable bonds is 3. The fourth-order valence-electron chi connectivity index (χ4n) is 3.10. The number of para-hydroxylation sites is 1. The number of ether oxygens (including phenoxy) is 1. The number of fused-ring (bicyclic) bond motifs is 1. The Morgan fingerprint density at radius 3 is 3.16 bits per heavy atom. The first-order valence-electron chi connectivity index (χ1n) is 7.01. The summed E-state index contributed by atoms with van der Waals surface area (Å²) in [5.41, 5.74) is 2.70. The zero-order valence-corrected chi connectivity index (χ0v) is 12.5. The number of nitrogens with one attached hydrogen (secondary N) is 1.